The molecule has 0 aromatic heterocycles. The van der Waals surface area contributed by atoms with Gasteiger partial charge < -0.3 is 4.74 Å². The fourth-order valence-corrected chi connectivity index (χ4v) is 1.95. The van der Waals surface area contributed by atoms with Crippen molar-refractivity contribution in [3.05, 3.63) is 62.7 Å². The number of anilines is 1. The molecule has 0 bridgehead atoms. The molecule has 0 fully saturated rings. The Balaban J connectivity index is 2.15. The van der Waals surface area contributed by atoms with E-state index in [9.17, 15) is 20.2 Å². The predicted octanol–water partition coefficient (Wildman–Crippen LogP) is 3.18. The molecule has 0 saturated carbocycles. The van der Waals surface area contributed by atoms with E-state index < -0.39 is 15.5 Å². The molecule has 0 unspecified atom stereocenters. The molecule has 0 spiro atoms. The highest BCUT2D eigenvalue weighted by atomic mass is 16.6. The van der Waals surface area contributed by atoms with Gasteiger partial charge in [-0.25, -0.2) is 4.99 Å². The summed E-state index contributed by atoms with van der Waals surface area (Å²) in [5, 5.41) is 21.8. The highest BCUT2D eigenvalue weighted by Gasteiger charge is 2.19. The van der Waals surface area contributed by atoms with Crippen LogP contribution in [0.3, 0.4) is 0 Å². The third-order valence-electron chi connectivity index (χ3n) is 3.12. The SMILES string of the molecule is COc1cccc(N=C(C)NNc2ccc([N+](=O)[O-])cc2[N+](=O)[O-])c1. The Morgan fingerprint density at radius 1 is 1.12 bits per heavy atom. The van der Waals surface area contributed by atoms with Gasteiger partial charge in [0.2, 0.25) is 0 Å². The Morgan fingerprint density at radius 3 is 2.52 bits per heavy atom. The molecule has 2 aromatic carbocycles. The number of aliphatic imine (C=N–C) groups is 1. The molecular weight excluding hydrogens is 330 g/mol. The first kappa shape index (κ1) is 17.7. The molecular formula is C15H15N5O5. The number of hydrogen-bond acceptors (Lipinski definition) is 7. The fraction of sp³-hybridized carbons (Fsp3) is 0.133. The number of hydrazine groups is 1. The second-order valence-electron chi connectivity index (χ2n) is 4.86. The Bertz CT molecular complexity index is 837. The molecule has 0 aliphatic carbocycles. The summed E-state index contributed by atoms with van der Waals surface area (Å²) in [5.41, 5.74) is 5.27. The van der Waals surface area contributed by atoms with Gasteiger partial charge in [-0.1, -0.05) is 6.07 Å². The number of nitrogens with zero attached hydrogens (tertiary/aromatic N) is 3. The third-order valence-corrected chi connectivity index (χ3v) is 3.12. The lowest BCUT2D eigenvalue weighted by Gasteiger charge is -2.10. The smallest absolute Gasteiger partial charge is 0.300 e. The predicted molar refractivity (Wildman–Crippen MR) is 92.3 cm³/mol. The minimum Gasteiger partial charge on any atom is -0.497 e. The molecule has 2 rings (SSSR count). The van der Waals surface area contributed by atoms with Gasteiger partial charge in [-0.05, 0) is 25.1 Å². The van der Waals surface area contributed by atoms with Gasteiger partial charge in [-0.15, -0.1) is 0 Å². The minimum absolute atomic E-state index is 0.0794. The van der Waals surface area contributed by atoms with Crippen LogP contribution in [0.25, 0.3) is 0 Å². The molecule has 130 valence electrons. The zero-order valence-corrected chi connectivity index (χ0v) is 13.4. The molecule has 0 saturated heterocycles. The number of ether oxygens (including phenoxy) is 1. The van der Waals surface area contributed by atoms with Gasteiger partial charge >= 0.3 is 5.69 Å². The summed E-state index contributed by atoms with van der Waals surface area (Å²) in [6.07, 6.45) is 0. The topological polar surface area (TPSA) is 132 Å². The summed E-state index contributed by atoms with van der Waals surface area (Å²) >= 11 is 0. The molecule has 0 aliphatic heterocycles. The molecule has 0 atom stereocenters. The van der Waals surface area contributed by atoms with Crippen LogP contribution >= 0.6 is 0 Å². The second kappa shape index (κ2) is 7.73. The summed E-state index contributed by atoms with van der Waals surface area (Å²) in [4.78, 5) is 24.7. The van der Waals surface area contributed by atoms with E-state index in [0.717, 1.165) is 6.07 Å². The van der Waals surface area contributed by atoms with Crippen LogP contribution in [-0.2, 0) is 0 Å². The van der Waals surface area contributed by atoms with Crippen LogP contribution in [0.4, 0.5) is 22.7 Å². The fourth-order valence-electron chi connectivity index (χ4n) is 1.95. The van der Waals surface area contributed by atoms with Crippen LogP contribution in [0.15, 0.2) is 47.5 Å². The van der Waals surface area contributed by atoms with Crippen molar-refractivity contribution in [3.63, 3.8) is 0 Å². The molecule has 10 heteroatoms. The molecule has 0 radical (unpaired) electrons. The normalized spacial score (nSPS) is 10.9. The number of methoxy groups -OCH3 is 1. The summed E-state index contributed by atoms with van der Waals surface area (Å²) in [6.45, 7) is 1.66. The number of rotatable bonds is 6. The summed E-state index contributed by atoms with van der Waals surface area (Å²) in [5.74, 6) is 1.08. The monoisotopic (exact) mass is 345 g/mol. The van der Waals surface area contributed by atoms with Gasteiger partial charge in [-0.2, -0.15) is 0 Å². The van der Waals surface area contributed by atoms with E-state index in [4.69, 9.17) is 4.74 Å². The zero-order chi connectivity index (χ0) is 18.4. The molecule has 0 heterocycles. The molecule has 10 nitrogen and oxygen atoms in total. The highest BCUT2D eigenvalue weighted by Crippen LogP contribution is 2.28. The average Bonchev–Trinajstić information content (AvgIpc) is 2.59. The minimum atomic E-state index is -0.703. The van der Waals surface area contributed by atoms with Gasteiger partial charge in [0, 0.05) is 12.1 Å². The first-order valence-corrected chi connectivity index (χ1v) is 7.05. The molecule has 25 heavy (non-hydrogen) atoms. The standard InChI is InChI=1S/C15H15N5O5/c1-10(16-11-4-3-5-13(8-11)25-2)17-18-14-7-6-12(19(21)22)9-15(14)20(23)24/h3-9,18H,1-2H3,(H,16,17). The number of non-ortho nitro benzene ring substituents is 1. The largest absolute Gasteiger partial charge is 0.497 e. The van der Waals surface area contributed by atoms with Crippen LogP contribution in [0, 0.1) is 20.2 Å². The van der Waals surface area contributed by atoms with Crippen molar-refractivity contribution in [2.45, 2.75) is 6.92 Å². The van der Waals surface area contributed by atoms with Crippen LogP contribution in [0.2, 0.25) is 0 Å². The van der Waals surface area contributed by atoms with Crippen LogP contribution in [-0.4, -0.2) is 22.8 Å². The van der Waals surface area contributed by atoms with Crippen molar-refractivity contribution in [3.8, 4) is 5.75 Å². The average molecular weight is 345 g/mol. The number of nitrogens with one attached hydrogen (secondary N) is 2. The van der Waals surface area contributed by atoms with Gasteiger partial charge in [0.05, 0.1) is 28.7 Å². The van der Waals surface area contributed by atoms with Gasteiger partial charge in [0.15, 0.2) is 0 Å². The zero-order valence-electron chi connectivity index (χ0n) is 13.4. The van der Waals surface area contributed by atoms with Gasteiger partial charge in [0.25, 0.3) is 5.69 Å². The molecule has 2 aromatic rings. The van der Waals surface area contributed by atoms with E-state index in [1.807, 2.05) is 0 Å². The van der Waals surface area contributed by atoms with Crippen LogP contribution < -0.4 is 15.6 Å². The van der Waals surface area contributed by atoms with Gasteiger partial charge in [0.1, 0.15) is 17.3 Å². The lowest BCUT2D eigenvalue weighted by Crippen LogP contribution is -2.27. The van der Waals surface area contributed by atoms with E-state index in [1.54, 1.807) is 38.3 Å². The van der Waals surface area contributed by atoms with E-state index in [-0.39, 0.29) is 11.4 Å². The molecule has 0 amide bonds. The number of benzene rings is 2. The van der Waals surface area contributed by atoms with E-state index in [2.05, 4.69) is 15.8 Å². The van der Waals surface area contributed by atoms with Crippen molar-refractivity contribution in [2.75, 3.05) is 12.5 Å². The Labute approximate surface area is 142 Å². The van der Waals surface area contributed by atoms with Crippen molar-refractivity contribution in [2.24, 2.45) is 4.99 Å². The maximum Gasteiger partial charge on any atom is 0.300 e. The van der Waals surface area contributed by atoms with Crippen molar-refractivity contribution >= 4 is 28.6 Å². The van der Waals surface area contributed by atoms with Gasteiger partial charge in [-0.3, -0.25) is 31.1 Å². The maximum absolute atomic E-state index is 11.1. The van der Waals surface area contributed by atoms with Crippen molar-refractivity contribution in [1.29, 1.82) is 0 Å². The van der Waals surface area contributed by atoms with Crippen LogP contribution in [0.1, 0.15) is 6.92 Å². The highest BCUT2D eigenvalue weighted by molar-refractivity contribution is 5.84. The Morgan fingerprint density at radius 2 is 1.88 bits per heavy atom. The second-order valence-corrected chi connectivity index (χ2v) is 4.86. The van der Waals surface area contributed by atoms with E-state index in [0.29, 0.717) is 17.3 Å². The lowest BCUT2D eigenvalue weighted by molar-refractivity contribution is -0.393. The molecule has 0 aliphatic rings. The summed E-state index contributed by atoms with van der Waals surface area (Å²) in [7, 11) is 1.54. The number of hydrogen-bond donors (Lipinski definition) is 2. The molecule has 2 N–H and O–H groups in total. The number of amidine groups is 1. The van der Waals surface area contributed by atoms with E-state index in [1.165, 1.54) is 12.1 Å². The third kappa shape index (κ3) is 4.64. The number of nitro benzene ring substituents is 2. The first-order valence-electron chi connectivity index (χ1n) is 7.05. The number of nitro groups is 2. The van der Waals surface area contributed by atoms with Crippen molar-refractivity contribution < 1.29 is 14.6 Å². The first-order chi connectivity index (χ1) is 11.9. The Hall–Kier alpha value is -3.69. The van der Waals surface area contributed by atoms with E-state index >= 15 is 0 Å². The summed E-state index contributed by atoms with van der Waals surface area (Å²) < 4.78 is 5.10. The quantitative estimate of drug-likeness (QED) is 0.355. The maximum atomic E-state index is 11.1. The van der Waals surface area contributed by atoms with Crippen LogP contribution in [0.5, 0.6) is 5.75 Å². The Kier molecular flexibility index (Phi) is 5.46. The summed E-state index contributed by atoms with van der Waals surface area (Å²) in [6, 6.07) is 10.4. The van der Waals surface area contributed by atoms with Crippen molar-refractivity contribution in [1.82, 2.24) is 5.43 Å². The lowest BCUT2D eigenvalue weighted by atomic mass is 10.2.